The lowest BCUT2D eigenvalue weighted by atomic mass is 9.76. The summed E-state index contributed by atoms with van der Waals surface area (Å²) >= 11 is 0. The van der Waals surface area contributed by atoms with E-state index in [2.05, 4.69) is 0 Å². The molecule has 5 rings (SSSR count). The Morgan fingerprint density at radius 1 is 0.837 bits per heavy atom. The Morgan fingerprint density at radius 3 is 1.98 bits per heavy atom. The number of benzene rings is 2. The van der Waals surface area contributed by atoms with Gasteiger partial charge in [0.2, 0.25) is 5.91 Å². The predicted octanol–water partition coefficient (Wildman–Crippen LogP) is 6.08. The van der Waals surface area contributed by atoms with Crippen LogP contribution < -0.4 is 0 Å². The largest absolute Gasteiger partial charge is 0.481 e. The molecule has 0 aromatic heterocycles. The minimum Gasteiger partial charge on any atom is -0.481 e. The Morgan fingerprint density at radius 2 is 1.42 bits per heavy atom. The number of alkyl halides is 7. The maximum Gasteiger partial charge on any atom is 0.435 e. The van der Waals surface area contributed by atoms with E-state index >= 15 is 0 Å². The Bertz CT molecular complexity index is 1500. The van der Waals surface area contributed by atoms with Crippen LogP contribution in [0.5, 0.6) is 0 Å². The molecule has 0 radical (unpaired) electrons. The first-order valence-corrected chi connectivity index (χ1v) is 15.2. The molecule has 1 saturated carbocycles. The summed E-state index contributed by atoms with van der Waals surface area (Å²) in [4.78, 5) is 26.4. The van der Waals surface area contributed by atoms with Gasteiger partial charge in [-0.3, -0.25) is 9.59 Å². The molecular formula is C29H28F7NO5S. The van der Waals surface area contributed by atoms with Gasteiger partial charge in [-0.05, 0) is 68.2 Å². The number of hydrogen-bond donors (Lipinski definition) is 1. The summed E-state index contributed by atoms with van der Waals surface area (Å²) in [5.41, 5.74) is -7.60. The van der Waals surface area contributed by atoms with Crippen molar-refractivity contribution in [2.24, 2.45) is 11.8 Å². The number of amides is 1. The number of hydrogen-bond acceptors (Lipinski definition) is 4. The van der Waals surface area contributed by atoms with E-state index in [0.717, 1.165) is 6.07 Å². The van der Waals surface area contributed by atoms with E-state index in [1.165, 1.54) is 29.2 Å². The van der Waals surface area contributed by atoms with Gasteiger partial charge in [-0.2, -0.15) is 26.3 Å². The molecule has 2 aromatic carbocycles. The van der Waals surface area contributed by atoms with Crippen LogP contribution in [0.4, 0.5) is 30.7 Å². The maximum absolute atomic E-state index is 15.0. The number of likely N-dealkylation sites (tertiary alicyclic amines) is 1. The quantitative estimate of drug-likeness (QED) is 0.402. The van der Waals surface area contributed by atoms with Crippen LogP contribution in [0.25, 0.3) is 0 Å². The number of halogens is 7. The van der Waals surface area contributed by atoms with Gasteiger partial charge in [0.05, 0.1) is 16.9 Å². The molecule has 6 nitrogen and oxygen atoms in total. The Labute approximate surface area is 242 Å². The number of carbonyl (C=O) groups is 2. The van der Waals surface area contributed by atoms with Crippen LogP contribution >= 0.6 is 0 Å². The van der Waals surface area contributed by atoms with E-state index in [1.807, 2.05) is 0 Å². The zero-order valence-electron chi connectivity index (χ0n) is 22.6. The number of aliphatic carboxylic acids is 1. The highest BCUT2D eigenvalue weighted by molar-refractivity contribution is 7.92. The minimum absolute atomic E-state index is 0.0479. The van der Waals surface area contributed by atoms with Gasteiger partial charge in [-0.25, -0.2) is 12.8 Å². The van der Waals surface area contributed by atoms with Crippen LogP contribution in [0.1, 0.15) is 55.2 Å². The number of carboxylic acid groups (broad SMARTS) is 1. The number of nitrogens with zero attached hydrogens (tertiary/aromatic N) is 1. The molecule has 0 unspecified atom stereocenters. The van der Waals surface area contributed by atoms with E-state index in [1.54, 1.807) is 6.07 Å². The number of carboxylic acids is 1. The van der Waals surface area contributed by atoms with Crippen LogP contribution in [0, 0.1) is 11.8 Å². The molecule has 2 fully saturated rings. The van der Waals surface area contributed by atoms with Crippen molar-refractivity contribution in [1.29, 1.82) is 0 Å². The molecule has 2 aromatic rings. The normalized spacial score (nSPS) is 26.5. The smallest absolute Gasteiger partial charge is 0.435 e. The van der Waals surface area contributed by atoms with Gasteiger partial charge in [-0.1, -0.05) is 36.4 Å². The molecule has 43 heavy (non-hydrogen) atoms. The van der Waals surface area contributed by atoms with Gasteiger partial charge in [0, 0.05) is 18.0 Å². The lowest BCUT2D eigenvalue weighted by Gasteiger charge is -2.44. The third-order valence-electron chi connectivity index (χ3n) is 9.31. The topological polar surface area (TPSA) is 91.8 Å². The Hall–Kier alpha value is -3.16. The van der Waals surface area contributed by atoms with Gasteiger partial charge in [-0.15, -0.1) is 0 Å². The first-order chi connectivity index (χ1) is 20.0. The minimum atomic E-state index is -6.33. The second kappa shape index (κ2) is 10.5. The van der Waals surface area contributed by atoms with Gasteiger partial charge in [0.25, 0.3) is 0 Å². The Kier molecular flexibility index (Phi) is 7.62. The molecule has 3 aliphatic rings. The molecule has 234 valence electrons. The van der Waals surface area contributed by atoms with Crippen molar-refractivity contribution in [3.8, 4) is 0 Å². The molecule has 1 amide bonds. The van der Waals surface area contributed by atoms with Gasteiger partial charge >= 0.3 is 24.0 Å². The van der Waals surface area contributed by atoms with E-state index in [4.69, 9.17) is 0 Å². The van der Waals surface area contributed by atoms with Gasteiger partial charge < -0.3 is 10.0 Å². The summed E-state index contributed by atoms with van der Waals surface area (Å²) in [5, 5.41) is 9.30. The lowest BCUT2D eigenvalue weighted by Crippen LogP contribution is -2.53. The molecule has 0 spiro atoms. The molecule has 2 atom stereocenters. The number of carbonyl (C=O) groups excluding carboxylic acids is 1. The SMILES string of the molecule is O=C(O)[C@H]1CC[C@H](C(=O)N2CC[C@@]3(S(=O)(=O)c4ccccc4)c4ccc(C(F)(C(F)(F)F)C(F)(F)F)cc4CC[C@@H]23)CC1. The highest BCUT2D eigenvalue weighted by atomic mass is 32.2. The highest BCUT2D eigenvalue weighted by Gasteiger charge is 2.74. The van der Waals surface area contributed by atoms with Crippen molar-refractivity contribution in [2.45, 2.75) is 78.7 Å². The van der Waals surface area contributed by atoms with Crippen molar-refractivity contribution < 1.29 is 53.8 Å². The number of sulfone groups is 1. The number of aryl methyl sites for hydroxylation is 1. The van der Waals surface area contributed by atoms with Crippen molar-refractivity contribution in [2.75, 3.05) is 6.54 Å². The van der Waals surface area contributed by atoms with E-state index in [9.17, 15) is 53.8 Å². The van der Waals surface area contributed by atoms with Gasteiger partial charge in [0.1, 0.15) is 4.75 Å². The van der Waals surface area contributed by atoms with Crippen molar-refractivity contribution >= 4 is 21.7 Å². The van der Waals surface area contributed by atoms with Crippen LogP contribution in [-0.2, 0) is 36.3 Å². The van der Waals surface area contributed by atoms with E-state index in [-0.39, 0.29) is 73.4 Å². The van der Waals surface area contributed by atoms with E-state index < -0.39 is 62.0 Å². The standard InChI is InChI=1S/C29H28F7NO5S/c30-27(28(31,32)33,29(34,35)36)20-11-12-22-19(16-20)10-13-23-26(22,43(41,42)21-4-2-1-3-5-21)14-15-37(23)24(38)17-6-8-18(9-7-17)25(39)40/h1-5,11-12,16-18,23H,6-10,13-15H2,(H,39,40)/t17-,18-,23-,26-/m1/s1. The van der Waals surface area contributed by atoms with Crippen molar-refractivity contribution in [1.82, 2.24) is 4.90 Å². The van der Waals surface area contributed by atoms with Crippen LogP contribution in [0.15, 0.2) is 53.4 Å². The molecular weight excluding hydrogens is 607 g/mol. The first-order valence-electron chi connectivity index (χ1n) is 13.8. The third kappa shape index (κ3) is 4.71. The first kappa shape index (κ1) is 31.3. The summed E-state index contributed by atoms with van der Waals surface area (Å²) in [7, 11) is -4.41. The van der Waals surface area contributed by atoms with E-state index in [0.29, 0.717) is 12.1 Å². The third-order valence-corrected chi connectivity index (χ3v) is 11.9. The molecule has 1 heterocycles. The zero-order chi connectivity index (χ0) is 31.6. The summed E-state index contributed by atoms with van der Waals surface area (Å²) in [6.07, 6.45) is -12.0. The molecule has 0 bridgehead atoms. The molecule has 14 heteroatoms. The summed E-state index contributed by atoms with van der Waals surface area (Å²) in [5.74, 6) is -2.47. The van der Waals surface area contributed by atoms with Gasteiger partial charge in [0.15, 0.2) is 9.84 Å². The van der Waals surface area contributed by atoms with Crippen LogP contribution in [0.3, 0.4) is 0 Å². The summed E-state index contributed by atoms with van der Waals surface area (Å²) in [6, 6.07) is 7.76. The maximum atomic E-state index is 15.0. The molecule has 1 saturated heterocycles. The fraction of sp³-hybridized carbons (Fsp3) is 0.517. The van der Waals surface area contributed by atoms with Crippen LogP contribution in [-0.4, -0.2) is 55.2 Å². The fourth-order valence-electron chi connectivity index (χ4n) is 7.13. The van der Waals surface area contributed by atoms with Crippen molar-refractivity contribution in [3.05, 3.63) is 65.2 Å². The molecule has 1 aliphatic heterocycles. The zero-order valence-corrected chi connectivity index (χ0v) is 23.4. The fourth-order valence-corrected chi connectivity index (χ4v) is 9.51. The second-order valence-electron chi connectivity index (χ2n) is 11.5. The van der Waals surface area contributed by atoms with Crippen LogP contribution in [0.2, 0.25) is 0 Å². The molecule has 1 N–H and O–H groups in total. The average molecular weight is 636 g/mol. The van der Waals surface area contributed by atoms with Crippen molar-refractivity contribution in [3.63, 3.8) is 0 Å². The highest BCUT2D eigenvalue weighted by Crippen LogP contribution is 2.57. The number of fused-ring (bicyclic) bond motifs is 3. The average Bonchev–Trinajstić information content (AvgIpc) is 3.37. The number of rotatable bonds is 5. The molecule has 2 aliphatic carbocycles. The predicted molar refractivity (Wildman–Crippen MR) is 138 cm³/mol. The lowest BCUT2D eigenvalue weighted by molar-refractivity contribution is -0.348. The second-order valence-corrected chi connectivity index (χ2v) is 13.7. The summed E-state index contributed by atoms with van der Waals surface area (Å²) < 4.78 is 123. The monoisotopic (exact) mass is 635 g/mol. The Balaban J connectivity index is 1.61. The summed E-state index contributed by atoms with van der Waals surface area (Å²) in [6.45, 7) is -0.0479.